The monoisotopic (exact) mass is 335 g/mol. The van der Waals surface area contributed by atoms with Gasteiger partial charge in [-0.3, -0.25) is 4.68 Å². The lowest BCUT2D eigenvalue weighted by molar-refractivity contribution is 0.0940. The van der Waals surface area contributed by atoms with E-state index in [2.05, 4.69) is 15.4 Å². The molecule has 2 aromatic heterocycles. The summed E-state index contributed by atoms with van der Waals surface area (Å²) in [5.74, 6) is 0. The van der Waals surface area contributed by atoms with Gasteiger partial charge in [0.25, 0.3) is 0 Å². The fourth-order valence-electron chi connectivity index (χ4n) is 2.54. The number of carbonyl (C=O) groups is 1. The van der Waals surface area contributed by atoms with Crippen LogP contribution in [0.3, 0.4) is 0 Å². The molecule has 1 fully saturated rings. The maximum atomic E-state index is 12.2. The zero-order chi connectivity index (χ0) is 16.2. The van der Waals surface area contributed by atoms with Crippen molar-refractivity contribution in [2.24, 2.45) is 0 Å². The molecule has 0 aromatic carbocycles. The molecule has 2 amide bonds. The van der Waals surface area contributed by atoms with E-state index in [0.29, 0.717) is 12.2 Å². The van der Waals surface area contributed by atoms with E-state index in [0.717, 1.165) is 36.7 Å². The van der Waals surface area contributed by atoms with E-state index < -0.39 is 0 Å². The SMILES string of the molecule is Cc1nc(CN(C)C(=O)Nc2cnn(C[C@H]3CCCO3)c2)cs1. The number of nitrogens with one attached hydrogen (secondary N) is 1. The first-order chi connectivity index (χ1) is 11.1. The number of carbonyl (C=O) groups excluding carboxylic acids is 1. The second kappa shape index (κ2) is 7.10. The summed E-state index contributed by atoms with van der Waals surface area (Å²) in [6.07, 6.45) is 5.90. The van der Waals surface area contributed by atoms with E-state index in [-0.39, 0.29) is 12.1 Å². The Morgan fingerprint density at radius 2 is 2.48 bits per heavy atom. The highest BCUT2D eigenvalue weighted by molar-refractivity contribution is 7.09. The summed E-state index contributed by atoms with van der Waals surface area (Å²) in [7, 11) is 1.75. The average Bonchev–Trinajstić information content (AvgIpc) is 3.24. The first-order valence-electron chi connectivity index (χ1n) is 7.67. The standard InChI is InChI=1S/C15H21N5O2S/c1-11-17-13(10-23-11)7-19(2)15(21)18-12-6-16-20(8-12)9-14-4-3-5-22-14/h6,8,10,14H,3-5,7,9H2,1-2H3,(H,18,21)/t14-/m1/s1. The molecule has 0 aliphatic carbocycles. The van der Waals surface area contributed by atoms with Gasteiger partial charge in [-0.1, -0.05) is 0 Å². The Kier molecular flexibility index (Phi) is 4.92. The Morgan fingerprint density at radius 3 is 3.17 bits per heavy atom. The molecule has 0 unspecified atom stereocenters. The third kappa shape index (κ3) is 4.29. The van der Waals surface area contributed by atoms with Crippen LogP contribution in [0.15, 0.2) is 17.8 Å². The van der Waals surface area contributed by atoms with Crippen LogP contribution >= 0.6 is 11.3 Å². The van der Waals surface area contributed by atoms with Gasteiger partial charge in [0, 0.05) is 25.2 Å². The first kappa shape index (κ1) is 15.9. The van der Waals surface area contributed by atoms with Gasteiger partial charge in [0.15, 0.2) is 0 Å². The van der Waals surface area contributed by atoms with Crippen molar-refractivity contribution < 1.29 is 9.53 Å². The minimum absolute atomic E-state index is 0.174. The smallest absolute Gasteiger partial charge is 0.322 e. The van der Waals surface area contributed by atoms with Gasteiger partial charge in [-0.05, 0) is 19.8 Å². The number of hydrogen-bond donors (Lipinski definition) is 1. The van der Waals surface area contributed by atoms with E-state index in [1.807, 2.05) is 23.2 Å². The molecular formula is C15H21N5O2S. The molecule has 7 nitrogen and oxygen atoms in total. The van der Waals surface area contributed by atoms with Crippen LogP contribution in [-0.2, 0) is 17.8 Å². The van der Waals surface area contributed by atoms with E-state index in [4.69, 9.17) is 4.74 Å². The van der Waals surface area contributed by atoms with Gasteiger partial charge in [0.2, 0.25) is 0 Å². The van der Waals surface area contributed by atoms with Crippen molar-refractivity contribution in [3.05, 3.63) is 28.5 Å². The molecule has 0 spiro atoms. The number of ether oxygens (including phenoxy) is 1. The molecule has 2 aromatic rings. The number of aryl methyl sites for hydroxylation is 1. The Morgan fingerprint density at radius 1 is 1.61 bits per heavy atom. The van der Waals surface area contributed by atoms with Crippen molar-refractivity contribution in [3.63, 3.8) is 0 Å². The van der Waals surface area contributed by atoms with Crippen LogP contribution < -0.4 is 5.32 Å². The third-order valence-electron chi connectivity index (χ3n) is 3.71. The fourth-order valence-corrected chi connectivity index (χ4v) is 3.14. The van der Waals surface area contributed by atoms with Crippen molar-refractivity contribution in [3.8, 4) is 0 Å². The highest BCUT2D eigenvalue weighted by Crippen LogP contribution is 2.15. The number of urea groups is 1. The molecule has 1 N–H and O–H groups in total. The van der Waals surface area contributed by atoms with E-state index in [1.54, 1.807) is 29.5 Å². The van der Waals surface area contributed by atoms with Crippen LogP contribution in [0.25, 0.3) is 0 Å². The Labute approximate surface area is 139 Å². The van der Waals surface area contributed by atoms with Crippen LogP contribution in [0.2, 0.25) is 0 Å². The highest BCUT2D eigenvalue weighted by atomic mass is 32.1. The van der Waals surface area contributed by atoms with Gasteiger partial charge in [-0.25, -0.2) is 9.78 Å². The summed E-state index contributed by atoms with van der Waals surface area (Å²) in [4.78, 5) is 18.2. The number of thiazole rings is 1. The van der Waals surface area contributed by atoms with Gasteiger partial charge in [-0.2, -0.15) is 5.10 Å². The summed E-state index contributed by atoms with van der Waals surface area (Å²) in [5, 5.41) is 10.1. The number of amides is 2. The van der Waals surface area contributed by atoms with Crippen molar-refractivity contribution in [2.45, 2.75) is 39.0 Å². The van der Waals surface area contributed by atoms with Crippen molar-refractivity contribution in [1.82, 2.24) is 19.7 Å². The van der Waals surface area contributed by atoms with Crippen LogP contribution in [0.1, 0.15) is 23.5 Å². The van der Waals surface area contributed by atoms with Crippen molar-refractivity contribution in [1.29, 1.82) is 0 Å². The molecule has 8 heteroatoms. The van der Waals surface area contributed by atoms with Gasteiger partial charge in [0.05, 0.1) is 41.8 Å². The average molecular weight is 335 g/mol. The second-order valence-corrected chi connectivity index (χ2v) is 6.79. The molecule has 1 atom stereocenters. The molecule has 0 saturated carbocycles. The largest absolute Gasteiger partial charge is 0.376 e. The van der Waals surface area contributed by atoms with Crippen molar-refractivity contribution in [2.75, 3.05) is 19.0 Å². The topological polar surface area (TPSA) is 72.3 Å². The van der Waals surface area contributed by atoms with Crippen LogP contribution in [-0.4, -0.2) is 45.5 Å². The molecular weight excluding hydrogens is 314 g/mol. The lowest BCUT2D eigenvalue weighted by Crippen LogP contribution is -2.30. The van der Waals surface area contributed by atoms with E-state index in [9.17, 15) is 4.79 Å². The number of hydrogen-bond acceptors (Lipinski definition) is 5. The predicted octanol–water partition coefficient (Wildman–Crippen LogP) is 2.49. The fraction of sp³-hybridized carbons (Fsp3) is 0.533. The van der Waals surface area contributed by atoms with Crippen LogP contribution in [0.4, 0.5) is 10.5 Å². The number of nitrogens with zero attached hydrogens (tertiary/aromatic N) is 4. The quantitative estimate of drug-likeness (QED) is 0.911. The first-order valence-corrected chi connectivity index (χ1v) is 8.55. The molecule has 0 radical (unpaired) electrons. The molecule has 3 rings (SSSR count). The highest BCUT2D eigenvalue weighted by Gasteiger charge is 2.17. The van der Waals surface area contributed by atoms with E-state index in [1.165, 1.54) is 0 Å². The summed E-state index contributed by atoms with van der Waals surface area (Å²) in [6.45, 7) is 4.00. The molecule has 3 heterocycles. The number of rotatable bonds is 5. The van der Waals surface area contributed by atoms with Gasteiger partial charge >= 0.3 is 6.03 Å². The minimum atomic E-state index is -0.174. The molecule has 0 bridgehead atoms. The Balaban J connectivity index is 1.51. The van der Waals surface area contributed by atoms with Gasteiger partial charge < -0.3 is 15.0 Å². The Bertz CT molecular complexity index is 662. The zero-order valence-electron chi connectivity index (χ0n) is 13.4. The maximum absolute atomic E-state index is 12.2. The lowest BCUT2D eigenvalue weighted by atomic mass is 10.2. The molecule has 23 heavy (non-hydrogen) atoms. The predicted molar refractivity (Wildman–Crippen MR) is 88.5 cm³/mol. The molecule has 1 aliphatic heterocycles. The molecule has 1 saturated heterocycles. The van der Waals surface area contributed by atoms with Crippen molar-refractivity contribution >= 4 is 23.1 Å². The number of anilines is 1. The number of aromatic nitrogens is 3. The summed E-state index contributed by atoms with van der Waals surface area (Å²) < 4.78 is 7.41. The summed E-state index contributed by atoms with van der Waals surface area (Å²) >= 11 is 1.59. The third-order valence-corrected chi connectivity index (χ3v) is 4.53. The minimum Gasteiger partial charge on any atom is -0.376 e. The maximum Gasteiger partial charge on any atom is 0.322 e. The molecule has 1 aliphatic rings. The van der Waals surface area contributed by atoms with Crippen LogP contribution in [0.5, 0.6) is 0 Å². The summed E-state index contributed by atoms with van der Waals surface area (Å²) in [6, 6.07) is -0.174. The summed E-state index contributed by atoms with van der Waals surface area (Å²) in [5.41, 5.74) is 1.59. The second-order valence-electron chi connectivity index (χ2n) is 5.73. The van der Waals surface area contributed by atoms with Gasteiger partial charge in [0.1, 0.15) is 0 Å². The van der Waals surface area contributed by atoms with Crippen LogP contribution in [0, 0.1) is 6.92 Å². The normalized spacial score (nSPS) is 17.4. The van der Waals surface area contributed by atoms with E-state index >= 15 is 0 Å². The lowest BCUT2D eigenvalue weighted by Gasteiger charge is -2.16. The Hall–Kier alpha value is -1.93. The van der Waals surface area contributed by atoms with Gasteiger partial charge in [-0.15, -0.1) is 11.3 Å². The molecule has 124 valence electrons. The zero-order valence-corrected chi connectivity index (χ0v) is 14.2.